The lowest BCUT2D eigenvalue weighted by Gasteiger charge is -2.13. The average molecular weight is 379 g/mol. The van der Waals surface area contributed by atoms with Gasteiger partial charge in [0.2, 0.25) is 0 Å². The van der Waals surface area contributed by atoms with Crippen molar-refractivity contribution in [1.29, 1.82) is 0 Å². The summed E-state index contributed by atoms with van der Waals surface area (Å²) < 4.78 is 0. The van der Waals surface area contributed by atoms with Crippen LogP contribution in [-0.2, 0) is 6.54 Å². The van der Waals surface area contributed by atoms with Gasteiger partial charge in [-0.2, -0.15) is 0 Å². The number of rotatable bonds is 5. The van der Waals surface area contributed by atoms with Gasteiger partial charge in [-0.25, -0.2) is 9.97 Å². The Morgan fingerprint density at radius 3 is 2.70 bits per heavy atom. The van der Waals surface area contributed by atoms with Gasteiger partial charge < -0.3 is 15.2 Å². The third-order valence-electron chi connectivity index (χ3n) is 4.18. The molecule has 0 radical (unpaired) electrons. The summed E-state index contributed by atoms with van der Waals surface area (Å²) in [6.45, 7) is 0.726. The molecular formula is C20H19ClN6. The molecule has 3 aromatic heterocycles. The number of anilines is 2. The van der Waals surface area contributed by atoms with E-state index in [2.05, 4.69) is 30.2 Å². The molecule has 136 valence electrons. The van der Waals surface area contributed by atoms with Gasteiger partial charge in [0.05, 0.1) is 16.8 Å². The van der Waals surface area contributed by atoms with Gasteiger partial charge in [-0.15, -0.1) is 0 Å². The summed E-state index contributed by atoms with van der Waals surface area (Å²) in [5.41, 5.74) is 4.57. The molecule has 0 saturated heterocycles. The second kappa shape index (κ2) is 7.34. The highest BCUT2D eigenvalue weighted by atomic mass is 35.5. The van der Waals surface area contributed by atoms with Crippen molar-refractivity contribution in [2.75, 3.05) is 19.4 Å². The highest BCUT2D eigenvalue weighted by Gasteiger charge is 2.19. The summed E-state index contributed by atoms with van der Waals surface area (Å²) >= 11 is 6.12. The summed E-state index contributed by atoms with van der Waals surface area (Å²) in [7, 11) is 4.07. The van der Waals surface area contributed by atoms with Crippen molar-refractivity contribution in [2.24, 2.45) is 0 Å². The summed E-state index contributed by atoms with van der Waals surface area (Å²) in [5.74, 6) is 0.734. The van der Waals surface area contributed by atoms with Gasteiger partial charge in [-0.05, 0) is 44.4 Å². The number of halogens is 1. The first-order valence-electron chi connectivity index (χ1n) is 8.56. The van der Waals surface area contributed by atoms with Crippen LogP contribution in [0.15, 0.2) is 55.0 Å². The molecule has 0 fully saturated rings. The lowest BCUT2D eigenvalue weighted by molar-refractivity contribution is 0.404. The molecule has 2 N–H and O–H groups in total. The third kappa shape index (κ3) is 3.63. The quantitative estimate of drug-likeness (QED) is 0.536. The summed E-state index contributed by atoms with van der Waals surface area (Å²) in [6.07, 6.45) is 3.34. The van der Waals surface area contributed by atoms with Crippen LogP contribution in [0.2, 0.25) is 5.02 Å². The minimum Gasteiger partial charge on any atom is -0.340 e. The van der Waals surface area contributed by atoms with Crippen LogP contribution in [0.4, 0.5) is 11.5 Å². The number of nitrogens with zero attached hydrogens (tertiary/aromatic N) is 4. The van der Waals surface area contributed by atoms with Crippen molar-refractivity contribution in [3.63, 3.8) is 0 Å². The molecule has 0 aliphatic carbocycles. The lowest BCUT2D eigenvalue weighted by Crippen LogP contribution is -2.11. The number of fused-ring (bicyclic) bond motifs is 1. The summed E-state index contributed by atoms with van der Waals surface area (Å²) in [5, 5.41) is 4.99. The van der Waals surface area contributed by atoms with Gasteiger partial charge in [0.1, 0.15) is 17.8 Å². The maximum Gasteiger partial charge on any atom is 0.143 e. The van der Waals surface area contributed by atoms with Crippen molar-refractivity contribution in [1.82, 2.24) is 24.8 Å². The molecule has 6 nitrogen and oxygen atoms in total. The van der Waals surface area contributed by atoms with Gasteiger partial charge in [0, 0.05) is 29.0 Å². The molecule has 0 amide bonds. The number of nitrogens with one attached hydrogen (secondary N) is 2. The van der Waals surface area contributed by atoms with Crippen LogP contribution >= 0.6 is 11.6 Å². The number of benzene rings is 1. The Labute approximate surface area is 162 Å². The smallest absolute Gasteiger partial charge is 0.143 e. The van der Waals surface area contributed by atoms with E-state index < -0.39 is 0 Å². The molecule has 1 aromatic carbocycles. The lowest BCUT2D eigenvalue weighted by atomic mass is 10.1. The minimum atomic E-state index is 0.669. The molecule has 27 heavy (non-hydrogen) atoms. The molecule has 3 heterocycles. The standard InChI is InChI=1S/C20H19ClN6/c1-27(2)11-15-17-19(25-14-7-5-6-13(21)10-14)23-12-24-20(17)26-18(15)16-8-3-4-9-22-16/h3-10,12H,11H2,1-2H3,(H2,23,24,25,26). The van der Waals surface area contributed by atoms with Crippen molar-refractivity contribution in [2.45, 2.75) is 6.54 Å². The Morgan fingerprint density at radius 1 is 1.07 bits per heavy atom. The van der Waals surface area contributed by atoms with E-state index in [0.717, 1.165) is 46.0 Å². The molecule has 7 heteroatoms. The summed E-state index contributed by atoms with van der Waals surface area (Å²) in [6, 6.07) is 13.4. The molecule has 0 spiro atoms. The van der Waals surface area contributed by atoms with E-state index in [1.807, 2.05) is 56.6 Å². The maximum absolute atomic E-state index is 6.12. The molecular weight excluding hydrogens is 360 g/mol. The van der Waals surface area contributed by atoms with Crippen LogP contribution in [0.3, 0.4) is 0 Å². The Bertz CT molecular complexity index is 1070. The fourth-order valence-corrected chi connectivity index (χ4v) is 3.28. The Hall–Kier alpha value is -2.96. The van der Waals surface area contributed by atoms with Gasteiger partial charge >= 0.3 is 0 Å². The van der Waals surface area contributed by atoms with Crippen LogP contribution in [0.25, 0.3) is 22.4 Å². The van der Waals surface area contributed by atoms with Crippen LogP contribution < -0.4 is 5.32 Å². The van der Waals surface area contributed by atoms with E-state index in [4.69, 9.17) is 11.6 Å². The van der Waals surface area contributed by atoms with Crippen LogP contribution in [0.1, 0.15) is 5.56 Å². The Kier molecular flexibility index (Phi) is 4.75. The van der Waals surface area contributed by atoms with E-state index in [0.29, 0.717) is 5.02 Å². The molecule has 0 unspecified atom stereocenters. The van der Waals surface area contributed by atoms with Crippen LogP contribution in [0.5, 0.6) is 0 Å². The van der Waals surface area contributed by atoms with E-state index in [9.17, 15) is 0 Å². The first-order valence-corrected chi connectivity index (χ1v) is 8.94. The molecule has 4 rings (SSSR count). The number of hydrogen-bond acceptors (Lipinski definition) is 5. The highest BCUT2D eigenvalue weighted by molar-refractivity contribution is 6.30. The zero-order valence-corrected chi connectivity index (χ0v) is 15.8. The number of H-pyrrole nitrogens is 1. The van der Waals surface area contributed by atoms with E-state index in [1.165, 1.54) is 0 Å². The van der Waals surface area contributed by atoms with Gasteiger partial charge in [-0.1, -0.05) is 23.7 Å². The minimum absolute atomic E-state index is 0.669. The molecule has 0 aliphatic rings. The predicted octanol–water partition coefficient (Wildman–Crippen LogP) is 4.48. The maximum atomic E-state index is 6.12. The Morgan fingerprint density at radius 2 is 1.96 bits per heavy atom. The summed E-state index contributed by atoms with van der Waals surface area (Å²) in [4.78, 5) is 19.0. The predicted molar refractivity (Wildman–Crippen MR) is 109 cm³/mol. The largest absolute Gasteiger partial charge is 0.340 e. The molecule has 0 saturated carbocycles. The molecule has 0 aliphatic heterocycles. The second-order valence-electron chi connectivity index (χ2n) is 6.51. The fraction of sp³-hybridized carbons (Fsp3) is 0.150. The number of aromatic nitrogens is 4. The topological polar surface area (TPSA) is 69.7 Å². The number of pyridine rings is 1. The first kappa shape index (κ1) is 17.5. The fourth-order valence-electron chi connectivity index (χ4n) is 3.09. The van der Waals surface area contributed by atoms with E-state index in [1.54, 1.807) is 12.5 Å². The van der Waals surface area contributed by atoms with E-state index >= 15 is 0 Å². The normalized spacial score (nSPS) is 11.3. The van der Waals surface area contributed by atoms with Crippen LogP contribution in [-0.4, -0.2) is 38.9 Å². The molecule has 0 atom stereocenters. The number of aromatic amines is 1. The van der Waals surface area contributed by atoms with Crippen molar-refractivity contribution in [3.8, 4) is 11.4 Å². The van der Waals surface area contributed by atoms with Gasteiger partial charge in [0.15, 0.2) is 0 Å². The second-order valence-corrected chi connectivity index (χ2v) is 6.95. The Balaban J connectivity index is 1.89. The molecule has 0 bridgehead atoms. The average Bonchev–Trinajstić information content (AvgIpc) is 3.01. The number of hydrogen-bond donors (Lipinski definition) is 2. The SMILES string of the molecule is CN(C)Cc1c(-c2ccccn2)[nH]c2ncnc(Nc3cccc(Cl)c3)c12. The van der Waals surface area contributed by atoms with Crippen LogP contribution in [0, 0.1) is 0 Å². The van der Waals surface area contributed by atoms with E-state index in [-0.39, 0.29) is 0 Å². The molecule has 4 aromatic rings. The zero-order chi connectivity index (χ0) is 18.8. The zero-order valence-electron chi connectivity index (χ0n) is 15.1. The monoisotopic (exact) mass is 378 g/mol. The third-order valence-corrected chi connectivity index (χ3v) is 4.41. The van der Waals surface area contributed by atoms with Crippen molar-refractivity contribution in [3.05, 3.63) is 65.6 Å². The highest BCUT2D eigenvalue weighted by Crippen LogP contribution is 2.34. The first-order chi connectivity index (χ1) is 13.1. The van der Waals surface area contributed by atoms with Crippen molar-refractivity contribution < 1.29 is 0 Å². The van der Waals surface area contributed by atoms with Gasteiger partial charge in [0.25, 0.3) is 0 Å². The van der Waals surface area contributed by atoms with Crippen molar-refractivity contribution >= 4 is 34.1 Å². The van der Waals surface area contributed by atoms with Gasteiger partial charge in [-0.3, -0.25) is 4.98 Å².